The Morgan fingerprint density at radius 2 is 2.17 bits per heavy atom. The Balaban J connectivity index is 2.39. The zero-order valence-electron chi connectivity index (χ0n) is 12.4. The van der Waals surface area contributed by atoms with E-state index in [4.69, 9.17) is 4.74 Å². The molecule has 1 N–H and O–H groups in total. The van der Waals surface area contributed by atoms with Gasteiger partial charge in [0.15, 0.2) is 0 Å². The number of methoxy groups -OCH3 is 1. The van der Waals surface area contributed by atoms with Gasteiger partial charge < -0.3 is 14.6 Å². The minimum absolute atomic E-state index is 0.334. The summed E-state index contributed by atoms with van der Waals surface area (Å²) in [6, 6.07) is 0. The Morgan fingerprint density at radius 1 is 1.44 bits per heavy atom. The van der Waals surface area contributed by atoms with Crippen molar-refractivity contribution >= 4 is 0 Å². The van der Waals surface area contributed by atoms with Crippen LogP contribution in [0.4, 0.5) is 0 Å². The summed E-state index contributed by atoms with van der Waals surface area (Å²) in [7, 11) is 1.71. The predicted octanol–water partition coefficient (Wildman–Crippen LogP) is 2.30. The van der Waals surface area contributed by atoms with Gasteiger partial charge in [0.1, 0.15) is 0 Å². The first-order valence-corrected chi connectivity index (χ1v) is 6.63. The molecule has 1 aromatic heterocycles. The first-order valence-electron chi connectivity index (χ1n) is 6.63. The van der Waals surface area contributed by atoms with Gasteiger partial charge in [-0.05, 0) is 11.3 Å². The van der Waals surface area contributed by atoms with E-state index in [1.807, 2.05) is 6.33 Å². The molecule has 1 atom stereocenters. The molecule has 1 heterocycles. The third-order valence-electron chi connectivity index (χ3n) is 3.44. The standard InChI is InChI=1S/C14H27N3O/c1-12(14(2,3)4)9-17-10-13(16-11-17)8-15-6-7-18-5/h10-12,15H,6-9H2,1-5H3. The van der Waals surface area contributed by atoms with E-state index in [2.05, 4.69) is 48.8 Å². The van der Waals surface area contributed by atoms with Crippen LogP contribution < -0.4 is 5.32 Å². The van der Waals surface area contributed by atoms with Crippen LogP contribution in [0.2, 0.25) is 0 Å². The lowest BCUT2D eigenvalue weighted by atomic mass is 9.82. The number of hydrogen-bond donors (Lipinski definition) is 1. The molecular weight excluding hydrogens is 226 g/mol. The first kappa shape index (κ1) is 15.2. The highest BCUT2D eigenvalue weighted by atomic mass is 16.5. The van der Waals surface area contributed by atoms with Gasteiger partial charge in [-0.15, -0.1) is 0 Å². The fourth-order valence-corrected chi connectivity index (χ4v) is 1.58. The van der Waals surface area contributed by atoms with E-state index in [-0.39, 0.29) is 0 Å². The minimum Gasteiger partial charge on any atom is -0.383 e. The lowest BCUT2D eigenvalue weighted by Crippen LogP contribution is -2.22. The van der Waals surface area contributed by atoms with Gasteiger partial charge in [-0.25, -0.2) is 4.98 Å². The van der Waals surface area contributed by atoms with Crippen molar-refractivity contribution in [2.24, 2.45) is 11.3 Å². The maximum absolute atomic E-state index is 4.99. The van der Waals surface area contributed by atoms with Gasteiger partial charge in [-0.1, -0.05) is 27.7 Å². The molecule has 1 unspecified atom stereocenters. The van der Waals surface area contributed by atoms with Gasteiger partial charge in [0, 0.05) is 32.9 Å². The summed E-state index contributed by atoms with van der Waals surface area (Å²) in [5, 5.41) is 3.30. The van der Waals surface area contributed by atoms with Crippen LogP contribution in [0.25, 0.3) is 0 Å². The first-order chi connectivity index (χ1) is 8.43. The smallest absolute Gasteiger partial charge is 0.0950 e. The van der Waals surface area contributed by atoms with Gasteiger partial charge in [-0.2, -0.15) is 0 Å². The molecule has 0 radical (unpaired) electrons. The van der Waals surface area contributed by atoms with Crippen LogP contribution in [-0.2, 0) is 17.8 Å². The molecule has 104 valence electrons. The van der Waals surface area contributed by atoms with Crippen LogP contribution in [0.15, 0.2) is 12.5 Å². The van der Waals surface area contributed by atoms with E-state index in [0.29, 0.717) is 11.3 Å². The number of nitrogens with zero attached hydrogens (tertiary/aromatic N) is 2. The Hall–Kier alpha value is -0.870. The van der Waals surface area contributed by atoms with Crippen molar-refractivity contribution in [2.75, 3.05) is 20.3 Å². The molecule has 4 nitrogen and oxygen atoms in total. The number of aromatic nitrogens is 2. The Bertz CT molecular complexity index is 341. The van der Waals surface area contributed by atoms with Gasteiger partial charge >= 0.3 is 0 Å². The van der Waals surface area contributed by atoms with Gasteiger partial charge in [0.2, 0.25) is 0 Å². The van der Waals surface area contributed by atoms with Gasteiger partial charge in [0.05, 0.1) is 18.6 Å². The fraction of sp³-hybridized carbons (Fsp3) is 0.786. The van der Waals surface area contributed by atoms with Crippen molar-refractivity contribution in [3.05, 3.63) is 18.2 Å². The molecule has 0 amide bonds. The van der Waals surface area contributed by atoms with Crippen LogP contribution >= 0.6 is 0 Å². The molecule has 0 bridgehead atoms. The summed E-state index contributed by atoms with van der Waals surface area (Å²) in [4.78, 5) is 4.41. The van der Waals surface area contributed by atoms with Crippen molar-refractivity contribution in [2.45, 2.75) is 40.8 Å². The van der Waals surface area contributed by atoms with E-state index >= 15 is 0 Å². The summed E-state index contributed by atoms with van der Waals surface area (Å²) in [5.74, 6) is 0.626. The molecular formula is C14H27N3O. The molecule has 0 saturated heterocycles. The number of hydrogen-bond acceptors (Lipinski definition) is 3. The normalized spacial score (nSPS) is 13.8. The van der Waals surface area contributed by atoms with Gasteiger partial charge in [-0.3, -0.25) is 0 Å². The number of imidazole rings is 1. The summed E-state index contributed by atoms with van der Waals surface area (Å²) in [6.07, 6.45) is 4.05. The number of nitrogens with one attached hydrogen (secondary N) is 1. The minimum atomic E-state index is 0.334. The van der Waals surface area contributed by atoms with E-state index in [9.17, 15) is 0 Å². The van der Waals surface area contributed by atoms with Crippen molar-refractivity contribution in [3.8, 4) is 0 Å². The lowest BCUT2D eigenvalue weighted by molar-refractivity contribution is 0.199. The van der Waals surface area contributed by atoms with E-state index in [1.165, 1.54) is 0 Å². The molecule has 0 aliphatic heterocycles. The summed E-state index contributed by atoms with van der Waals surface area (Å²) in [5.41, 5.74) is 1.42. The summed E-state index contributed by atoms with van der Waals surface area (Å²) in [6.45, 7) is 12.6. The summed E-state index contributed by atoms with van der Waals surface area (Å²) >= 11 is 0. The van der Waals surface area contributed by atoms with Crippen molar-refractivity contribution in [3.63, 3.8) is 0 Å². The average Bonchev–Trinajstić information content (AvgIpc) is 2.71. The third kappa shape index (κ3) is 5.19. The van der Waals surface area contributed by atoms with Crippen molar-refractivity contribution < 1.29 is 4.74 Å². The highest BCUT2D eigenvalue weighted by molar-refractivity contribution is 4.96. The zero-order chi connectivity index (χ0) is 13.6. The monoisotopic (exact) mass is 253 g/mol. The number of rotatable bonds is 7. The maximum Gasteiger partial charge on any atom is 0.0950 e. The molecule has 0 aromatic carbocycles. The van der Waals surface area contributed by atoms with Crippen LogP contribution in [0.1, 0.15) is 33.4 Å². The number of ether oxygens (including phenoxy) is 1. The van der Waals surface area contributed by atoms with E-state index in [1.54, 1.807) is 7.11 Å². The highest BCUT2D eigenvalue weighted by Gasteiger charge is 2.20. The third-order valence-corrected chi connectivity index (χ3v) is 3.44. The molecule has 0 spiro atoms. The highest BCUT2D eigenvalue weighted by Crippen LogP contribution is 2.26. The second kappa shape index (κ2) is 6.90. The molecule has 4 heteroatoms. The van der Waals surface area contributed by atoms with Crippen molar-refractivity contribution in [1.82, 2.24) is 14.9 Å². The quantitative estimate of drug-likeness (QED) is 0.758. The summed E-state index contributed by atoms with van der Waals surface area (Å²) < 4.78 is 7.17. The molecule has 1 aromatic rings. The second-order valence-corrected chi connectivity index (χ2v) is 6.00. The second-order valence-electron chi connectivity index (χ2n) is 6.00. The zero-order valence-corrected chi connectivity index (χ0v) is 12.4. The van der Waals surface area contributed by atoms with Crippen molar-refractivity contribution in [1.29, 1.82) is 0 Å². The topological polar surface area (TPSA) is 39.1 Å². The Kier molecular flexibility index (Phi) is 5.82. The fourth-order valence-electron chi connectivity index (χ4n) is 1.58. The average molecular weight is 253 g/mol. The molecule has 0 saturated carbocycles. The van der Waals surface area contributed by atoms with E-state index in [0.717, 1.165) is 31.9 Å². The van der Waals surface area contributed by atoms with Crippen LogP contribution in [0.5, 0.6) is 0 Å². The Labute approximate surface area is 111 Å². The molecule has 0 fully saturated rings. The van der Waals surface area contributed by atoms with Crippen LogP contribution in [-0.4, -0.2) is 29.8 Å². The lowest BCUT2D eigenvalue weighted by Gasteiger charge is -2.27. The predicted molar refractivity (Wildman–Crippen MR) is 74.4 cm³/mol. The maximum atomic E-state index is 4.99. The molecule has 0 aliphatic rings. The van der Waals surface area contributed by atoms with Crippen LogP contribution in [0.3, 0.4) is 0 Å². The van der Waals surface area contributed by atoms with E-state index < -0.39 is 0 Å². The molecule has 1 rings (SSSR count). The Morgan fingerprint density at radius 3 is 2.78 bits per heavy atom. The SMILES string of the molecule is COCCNCc1cn(CC(C)C(C)(C)C)cn1. The molecule has 18 heavy (non-hydrogen) atoms. The largest absolute Gasteiger partial charge is 0.383 e. The van der Waals surface area contributed by atoms with Crippen LogP contribution in [0, 0.1) is 11.3 Å². The van der Waals surface area contributed by atoms with Gasteiger partial charge in [0.25, 0.3) is 0 Å². The molecule has 0 aliphatic carbocycles.